The number of likely N-dealkylation sites (tertiary alicyclic amines) is 1. The number of rotatable bonds is 1. The summed E-state index contributed by atoms with van der Waals surface area (Å²) in [5, 5.41) is 0. The van der Waals surface area contributed by atoms with Gasteiger partial charge in [0.2, 0.25) is 0 Å². The summed E-state index contributed by atoms with van der Waals surface area (Å²) in [6, 6.07) is 0.454. The van der Waals surface area contributed by atoms with Crippen molar-refractivity contribution in [3.63, 3.8) is 0 Å². The highest BCUT2D eigenvalue weighted by molar-refractivity contribution is 4.76. The fraction of sp³-hybridized carbons (Fsp3) is 1.00. The summed E-state index contributed by atoms with van der Waals surface area (Å²) in [7, 11) is 0. The normalized spacial score (nSPS) is 31.5. The third-order valence-electron chi connectivity index (χ3n) is 1.76. The van der Waals surface area contributed by atoms with Crippen molar-refractivity contribution in [2.45, 2.75) is 19.4 Å². The number of likely N-dealkylation sites (N-methyl/N-ethyl adjacent to an activating group) is 1. The zero-order valence-corrected chi connectivity index (χ0v) is 5.43. The quantitative estimate of drug-likeness (QED) is 0.533. The van der Waals surface area contributed by atoms with E-state index >= 15 is 0 Å². The molecule has 0 radical (unpaired) electrons. The monoisotopic (exact) mass is 116 g/mol. The summed E-state index contributed by atoms with van der Waals surface area (Å²) in [6.45, 7) is 5.65. The molecule has 2 nitrogen and oxygen atoms in total. The van der Waals surface area contributed by atoms with E-state index in [1.165, 1.54) is 13.0 Å². The molecule has 1 fully saturated rings. The average Bonchev–Trinajstić information content (AvgIpc) is 2.14. The SMILES string of the molecule is CCN1CCC(N)C1.[HH]. The lowest BCUT2D eigenvalue weighted by molar-refractivity contribution is 0.354. The van der Waals surface area contributed by atoms with Gasteiger partial charge in [0.25, 0.3) is 0 Å². The van der Waals surface area contributed by atoms with Crippen LogP contribution in [0, 0.1) is 0 Å². The molecule has 1 atom stereocenters. The van der Waals surface area contributed by atoms with Gasteiger partial charge >= 0.3 is 0 Å². The summed E-state index contributed by atoms with van der Waals surface area (Å²) in [6.07, 6.45) is 1.19. The van der Waals surface area contributed by atoms with Crippen molar-refractivity contribution in [2.24, 2.45) is 5.73 Å². The van der Waals surface area contributed by atoms with E-state index in [9.17, 15) is 0 Å². The molecule has 1 rings (SSSR count). The Kier molecular flexibility index (Phi) is 1.86. The second kappa shape index (κ2) is 2.46. The fourth-order valence-corrected chi connectivity index (χ4v) is 1.15. The van der Waals surface area contributed by atoms with E-state index in [1.807, 2.05) is 0 Å². The molecule has 1 aliphatic heterocycles. The van der Waals surface area contributed by atoms with Gasteiger partial charge < -0.3 is 10.6 Å². The van der Waals surface area contributed by atoms with Gasteiger partial charge in [-0.3, -0.25) is 0 Å². The van der Waals surface area contributed by atoms with Crippen molar-refractivity contribution in [1.82, 2.24) is 4.90 Å². The van der Waals surface area contributed by atoms with Crippen LogP contribution in [-0.2, 0) is 0 Å². The number of nitrogens with two attached hydrogens (primary N) is 1. The molecule has 0 spiro atoms. The van der Waals surface area contributed by atoms with Crippen LogP contribution in [0.15, 0.2) is 0 Å². The van der Waals surface area contributed by atoms with Gasteiger partial charge in [0.1, 0.15) is 0 Å². The van der Waals surface area contributed by atoms with Gasteiger partial charge in [-0.05, 0) is 19.5 Å². The van der Waals surface area contributed by atoms with Crippen LogP contribution in [0.2, 0.25) is 0 Å². The van der Waals surface area contributed by atoms with Crippen molar-refractivity contribution in [2.75, 3.05) is 19.6 Å². The predicted molar refractivity (Wildman–Crippen MR) is 36.8 cm³/mol. The fourth-order valence-electron chi connectivity index (χ4n) is 1.15. The molecular weight excluding hydrogens is 100 g/mol. The molecule has 0 aromatic carbocycles. The number of nitrogens with zero attached hydrogens (tertiary/aromatic N) is 1. The zero-order valence-electron chi connectivity index (χ0n) is 5.43. The number of hydrogen-bond acceptors (Lipinski definition) is 2. The lowest BCUT2D eigenvalue weighted by Crippen LogP contribution is -2.26. The Morgan fingerprint density at radius 1 is 1.88 bits per heavy atom. The van der Waals surface area contributed by atoms with E-state index in [-0.39, 0.29) is 1.43 Å². The van der Waals surface area contributed by atoms with Crippen LogP contribution in [0.3, 0.4) is 0 Å². The minimum Gasteiger partial charge on any atom is -0.326 e. The molecule has 1 saturated heterocycles. The Bertz CT molecular complexity index is 77.5. The first-order chi connectivity index (χ1) is 3.83. The average molecular weight is 116 g/mol. The first-order valence-electron chi connectivity index (χ1n) is 3.31. The second-order valence-electron chi connectivity index (χ2n) is 2.44. The Labute approximate surface area is 52.1 Å². The van der Waals surface area contributed by atoms with E-state index < -0.39 is 0 Å². The zero-order chi connectivity index (χ0) is 5.98. The molecule has 8 heavy (non-hydrogen) atoms. The van der Waals surface area contributed by atoms with Crippen LogP contribution >= 0.6 is 0 Å². The molecule has 1 heterocycles. The van der Waals surface area contributed by atoms with E-state index in [1.54, 1.807) is 0 Å². The van der Waals surface area contributed by atoms with E-state index in [4.69, 9.17) is 5.73 Å². The lowest BCUT2D eigenvalue weighted by Gasteiger charge is -2.09. The first kappa shape index (κ1) is 6.05. The highest BCUT2D eigenvalue weighted by Gasteiger charge is 2.16. The van der Waals surface area contributed by atoms with E-state index in [0.29, 0.717) is 6.04 Å². The maximum Gasteiger partial charge on any atom is 0.0180 e. The molecule has 0 aliphatic carbocycles. The second-order valence-corrected chi connectivity index (χ2v) is 2.44. The maximum absolute atomic E-state index is 5.66. The lowest BCUT2D eigenvalue weighted by atomic mass is 10.3. The molecule has 0 amide bonds. The minimum absolute atomic E-state index is 0. The van der Waals surface area contributed by atoms with Crippen LogP contribution < -0.4 is 5.73 Å². The Morgan fingerprint density at radius 2 is 2.62 bits per heavy atom. The molecular formula is C6H16N2. The van der Waals surface area contributed by atoms with Gasteiger partial charge in [-0.25, -0.2) is 0 Å². The molecule has 0 bridgehead atoms. The summed E-state index contributed by atoms with van der Waals surface area (Å²) in [5.41, 5.74) is 5.66. The Balaban J connectivity index is 0.000000640. The van der Waals surface area contributed by atoms with Crippen LogP contribution in [0.4, 0.5) is 0 Å². The minimum atomic E-state index is 0. The first-order valence-corrected chi connectivity index (χ1v) is 3.31. The predicted octanol–water partition coefficient (Wildman–Crippen LogP) is 0.285. The third-order valence-corrected chi connectivity index (χ3v) is 1.76. The molecule has 2 heteroatoms. The van der Waals surface area contributed by atoms with Gasteiger partial charge in [0, 0.05) is 14.0 Å². The molecule has 0 aromatic heterocycles. The van der Waals surface area contributed by atoms with E-state index in [0.717, 1.165) is 13.1 Å². The summed E-state index contributed by atoms with van der Waals surface area (Å²) in [4.78, 5) is 2.38. The highest BCUT2D eigenvalue weighted by Crippen LogP contribution is 2.04. The summed E-state index contributed by atoms with van der Waals surface area (Å²) in [5.74, 6) is 0. The molecule has 1 aliphatic rings. The topological polar surface area (TPSA) is 29.3 Å². The van der Waals surface area contributed by atoms with Crippen molar-refractivity contribution < 1.29 is 1.43 Å². The largest absolute Gasteiger partial charge is 0.326 e. The Morgan fingerprint density at radius 3 is 2.88 bits per heavy atom. The summed E-state index contributed by atoms with van der Waals surface area (Å²) < 4.78 is 0. The van der Waals surface area contributed by atoms with Crippen molar-refractivity contribution >= 4 is 0 Å². The van der Waals surface area contributed by atoms with Crippen LogP contribution in [0.25, 0.3) is 0 Å². The van der Waals surface area contributed by atoms with Crippen LogP contribution in [-0.4, -0.2) is 30.6 Å². The van der Waals surface area contributed by atoms with Crippen LogP contribution in [0.5, 0.6) is 0 Å². The maximum atomic E-state index is 5.66. The van der Waals surface area contributed by atoms with Gasteiger partial charge in [0.15, 0.2) is 0 Å². The van der Waals surface area contributed by atoms with Crippen molar-refractivity contribution in [1.29, 1.82) is 0 Å². The van der Waals surface area contributed by atoms with Crippen molar-refractivity contribution in [3.8, 4) is 0 Å². The highest BCUT2D eigenvalue weighted by atomic mass is 15.2. The summed E-state index contributed by atoms with van der Waals surface area (Å²) >= 11 is 0. The molecule has 1 unspecified atom stereocenters. The van der Waals surface area contributed by atoms with Crippen molar-refractivity contribution in [3.05, 3.63) is 0 Å². The van der Waals surface area contributed by atoms with Crippen LogP contribution in [0.1, 0.15) is 14.8 Å². The van der Waals surface area contributed by atoms with E-state index in [2.05, 4.69) is 11.8 Å². The van der Waals surface area contributed by atoms with Gasteiger partial charge in [0.05, 0.1) is 0 Å². The van der Waals surface area contributed by atoms with Gasteiger partial charge in [-0.2, -0.15) is 0 Å². The van der Waals surface area contributed by atoms with Gasteiger partial charge in [-0.15, -0.1) is 0 Å². The Hall–Kier alpha value is -0.0800. The van der Waals surface area contributed by atoms with Gasteiger partial charge in [-0.1, -0.05) is 6.92 Å². The number of hydrogen-bond donors (Lipinski definition) is 1. The third kappa shape index (κ3) is 1.20. The molecule has 50 valence electrons. The molecule has 2 N–H and O–H groups in total. The standard InChI is InChI=1S/C6H14N2.H2/c1-2-8-4-3-6(7)5-8;/h6H,2-5,7H2,1H3;1H. The molecule has 0 aromatic rings. The smallest absolute Gasteiger partial charge is 0.0180 e. The molecule has 0 saturated carbocycles.